The average molecular weight is 452 g/mol. The lowest BCUT2D eigenvalue weighted by Gasteiger charge is -2.19. The van der Waals surface area contributed by atoms with Gasteiger partial charge in [-0.2, -0.15) is 0 Å². The van der Waals surface area contributed by atoms with E-state index in [4.69, 9.17) is 37.9 Å². The molecular weight excluding hydrogens is 410 g/mol. The number of alkyl carbamates (subject to hydrolysis) is 1. The number of nitrogens with one attached hydrogen (secondary N) is 1. The van der Waals surface area contributed by atoms with E-state index < -0.39 is 11.7 Å². The molecule has 10 nitrogen and oxygen atoms in total. The van der Waals surface area contributed by atoms with Crippen LogP contribution in [0.2, 0.25) is 0 Å². The number of amides is 1. The third-order valence-corrected chi connectivity index (χ3v) is 3.24. The zero-order valence-electron chi connectivity index (χ0n) is 19.4. The smallest absolute Gasteiger partial charge is 0.407 e. The molecule has 0 radical (unpaired) electrons. The quantitative estimate of drug-likeness (QED) is 0.195. The Bertz CT molecular complexity index is 416. The number of ether oxygens (including phenoxy) is 8. The topological polar surface area (TPSA) is 103 Å². The zero-order valence-corrected chi connectivity index (χ0v) is 19.4. The molecule has 0 aromatic rings. The van der Waals surface area contributed by atoms with E-state index in [2.05, 4.69) is 11.9 Å². The average Bonchev–Trinajstić information content (AvgIpc) is 2.70. The number of carbonyl (C=O) groups is 1. The van der Waals surface area contributed by atoms with E-state index in [1.165, 1.54) is 6.26 Å². The molecule has 0 saturated carbocycles. The predicted octanol–water partition coefficient (Wildman–Crippen LogP) is 1.77. The molecule has 0 bridgehead atoms. The minimum Gasteiger partial charge on any atom is -0.499 e. The Morgan fingerprint density at radius 1 is 0.677 bits per heavy atom. The van der Waals surface area contributed by atoms with Crippen molar-refractivity contribution >= 4 is 6.09 Å². The maximum atomic E-state index is 11.4. The van der Waals surface area contributed by atoms with Crippen LogP contribution in [-0.2, 0) is 37.9 Å². The fourth-order valence-corrected chi connectivity index (χ4v) is 1.93. The first-order valence-corrected chi connectivity index (χ1v) is 10.6. The molecule has 0 saturated heterocycles. The van der Waals surface area contributed by atoms with Crippen molar-refractivity contribution in [1.82, 2.24) is 5.32 Å². The summed E-state index contributed by atoms with van der Waals surface area (Å²) in [5.41, 5.74) is -0.501. The van der Waals surface area contributed by atoms with E-state index in [1.807, 2.05) is 20.8 Å². The molecule has 0 spiro atoms. The van der Waals surface area contributed by atoms with Crippen LogP contribution in [0.4, 0.5) is 4.79 Å². The fraction of sp³-hybridized carbons (Fsp3) is 0.857. The first-order chi connectivity index (χ1) is 15.0. The normalized spacial score (nSPS) is 11.3. The Morgan fingerprint density at radius 2 is 1.03 bits per heavy atom. The van der Waals surface area contributed by atoms with Gasteiger partial charge in [0.15, 0.2) is 0 Å². The van der Waals surface area contributed by atoms with Crippen LogP contribution in [0.25, 0.3) is 0 Å². The van der Waals surface area contributed by atoms with Crippen molar-refractivity contribution in [1.29, 1.82) is 0 Å². The number of rotatable bonds is 22. The van der Waals surface area contributed by atoms with E-state index in [-0.39, 0.29) is 0 Å². The van der Waals surface area contributed by atoms with Gasteiger partial charge in [-0.25, -0.2) is 4.79 Å². The number of hydrogen-bond acceptors (Lipinski definition) is 9. The molecule has 0 aromatic heterocycles. The van der Waals surface area contributed by atoms with Crippen LogP contribution in [0.5, 0.6) is 0 Å². The summed E-state index contributed by atoms with van der Waals surface area (Å²) in [5.74, 6) is 0. The van der Waals surface area contributed by atoms with Gasteiger partial charge in [0.25, 0.3) is 0 Å². The van der Waals surface area contributed by atoms with Gasteiger partial charge >= 0.3 is 6.09 Å². The van der Waals surface area contributed by atoms with Crippen LogP contribution < -0.4 is 5.32 Å². The zero-order chi connectivity index (χ0) is 23.0. The summed E-state index contributed by atoms with van der Waals surface area (Å²) >= 11 is 0. The third kappa shape index (κ3) is 26.5. The van der Waals surface area contributed by atoms with E-state index in [9.17, 15) is 4.79 Å². The van der Waals surface area contributed by atoms with Gasteiger partial charge in [0.2, 0.25) is 0 Å². The molecule has 1 N–H and O–H groups in total. The summed E-state index contributed by atoms with van der Waals surface area (Å²) in [7, 11) is 0. The summed E-state index contributed by atoms with van der Waals surface area (Å²) < 4.78 is 42.2. The van der Waals surface area contributed by atoms with Crippen molar-refractivity contribution in [2.75, 3.05) is 92.4 Å². The number of carbonyl (C=O) groups excluding carboxylic acids is 1. The lowest BCUT2D eigenvalue weighted by Crippen LogP contribution is -2.34. The van der Waals surface area contributed by atoms with Crippen molar-refractivity contribution in [3.8, 4) is 0 Å². The molecule has 0 aliphatic rings. The van der Waals surface area contributed by atoms with Crippen LogP contribution in [0.1, 0.15) is 20.8 Å². The van der Waals surface area contributed by atoms with Gasteiger partial charge in [0.05, 0.1) is 85.5 Å². The van der Waals surface area contributed by atoms with Gasteiger partial charge in [-0.1, -0.05) is 6.58 Å². The molecule has 10 heteroatoms. The summed E-state index contributed by atoms with van der Waals surface area (Å²) in [4.78, 5) is 11.4. The molecule has 0 aliphatic heterocycles. The molecular formula is C21H41NO9. The SMILES string of the molecule is C=COCCOCCOCCOCCOCCOCCOCCNC(=O)OC(C)(C)C. The lowest BCUT2D eigenvalue weighted by atomic mass is 10.2. The van der Waals surface area contributed by atoms with Crippen LogP contribution >= 0.6 is 0 Å². The van der Waals surface area contributed by atoms with Crippen LogP contribution in [-0.4, -0.2) is 104 Å². The molecule has 0 rings (SSSR count). The second kappa shape index (κ2) is 21.8. The predicted molar refractivity (Wildman–Crippen MR) is 115 cm³/mol. The highest BCUT2D eigenvalue weighted by molar-refractivity contribution is 5.67. The van der Waals surface area contributed by atoms with Gasteiger partial charge in [-0.05, 0) is 20.8 Å². The maximum Gasteiger partial charge on any atom is 0.407 e. The highest BCUT2D eigenvalue weighted by atomic mass is 16.6. The third-order valence-electron chi connectivity index (χ3n) is 3.24. The molecule has 0 aliphatic carbocycles. The second-order valence-electron chi connectivity index (χ2n) is 7.14. The Kier molecular flexibility index (Phi) is 20.8. The molecule has 1 amide bonds. The monoisotopic (exact) mass is 451 g/mol. The highest BCUT2D eigenvalue weighted by Crippen LogP contribution is 2.05. The maximum absolute atomic E-state index is 11.4. The lowest BCUT2D eigenvalue weighted by molar-refractivity contribution is -0.0183. The standard InChI is InChI=1S/C21H41NO9/c1-5-24-8-9-26-12-13-28-16-17-30-19-18-29-15-14-27-11-10-25-7-6-22-20(23)31-21(2,3)4/h5H,1,6-19H2,2-4H3,(H,22,23). The van der Waals surface area contributed by atoms with Gasteiger partial charge in [0, 0.05) is 6.54 Å². The first-order valence-electron chi connectivity index (χ1n) is 10.6. The molecule has 0 heterocycles. The Labute approximate surface area is 186 Å². The number of hydrogen-bond donors (Lipinski definition) is 1. The molecule has 31 heavy (non-hydrogen) atoms. The molecule has 184 valence electrons. The van der Waals surface area contributed by atoms with Crippen LogP contribution in [0.15, 0.2) is 12.8 Å². The second-order valence-corrected chi connectivity index (χ2v) is 7.14. The summed E-state index contributed by atoms with van der Waals surface area (Å²) in [6.07, 6.45) is 0.943. The largest absolute Gasteiger partial charge is 0.499 e. The Balaban J connectivity index is 3.11. The van der Waals surface area contributed by atoms with Gasteiger partial charge in [-0.3, -0.25) is 0 Å². The van der Waals surface area contributed by atoms with Crippen molar-refractivity contribution in [2.24, 2.45) is 0 Å². The van der Waals surface area contributed by atoms with Crippen LogP contribution in [0.3, 0.4) is 0 Å². The Morgan fingerprint density at radius 3 is 1.39 bits per heavy atom. The van der Waals surface area contributed by atoms with E-state index >= 15 is 0 Å². The van der Waals surface area contributed by atoms with Gasteiger partial charge in [-0.15, -0.1) is 0 Å². The molecule has 0 fully saturated rings. The molecule has 0 unspecified atom stereocenters. The minimum atomic E-state index is -0.501. The van der Waals surface area contributed by atoms with Crippen molar-refractivity contribution in [3.05, 3.63) is 12.8 Å². The van der Waals surface area contributed by atoms with Gasteiger partial charge in [0.1, 0.15) is 12.2 Å². The van der Waals surface area contributed by atoms with Crippen molar-refractivity contribution in [2.45, 2.75) is 26.4 Å². The minimum absolute atomic E-state index is 0.391. The Hall–Kier alpha value is -1.43. The van der Waals surface area contributed by atoms with Crippen molar-refractivity contribution in [3.63, 3.8) is 0 Å². The first kappa shape index (κ1) is 29.6. The summed E-state index contributed by atoms with van der Waals surface area (Å²) in [6.45, 7) is 15.7. The van der Waals surface area contributed by atoms with E-state index in [0.717, 1.165) is 0 Å². The summed E-state index contributed by atoms with van der Waals surface area (Å²) in [6, 6.07) is 0. The van der Waals surface area contributed by atoms with Crippen LogP contribution in [0, 0.1) is 0 Å². The van der Waals surface area contributed by atoms with E-state index in [1.54, 1.807) is 0 Å². The van der Waals surface area contributed by atoms with E-state index in [0.29, 0.717) is 92.4 Å². The van der Waals surface area contributed by atoms with Gasteiger partial charge < -0.3 is 43.2 Å². The summed E-state index contributed by atoms with van der Waals surface area (Å²) in [5, 5.41) is 2.62. The highest BCUT2D eigenvalue weighted by Gasteiger charge is 2.15. The fourth-order valence-electron chi connectivity index (χ4n) is 1.93. The van der Waals surface area contributed by atoms with Crippen molar-refractivity contribution < 1.29 is 42.7 Å². The molecule has 0 aromatic carbocycles. The molecule has 0 atom stereocenters.